The maximum absolute atomic E-state index is 13.7. The molecule has 0 aliphatic carbocycles. The van der Waals surface area contributed by atoms with Gasteiger partial charge in [-0.1, -0.05) is 32.0 Å². The van der Waals surface area contributed by atoms with Crippen LogP contribution in [0.2, 0.25) is 0 Å². The summed E-state index contributed by atoms with van der Waals surface area (Å²) in [6.45, 7) is 9.55. The highest BCUT2D eigenvalue weighted by molar-refractivity contribution is 5.26. The Morgan fingerprint density at radius 2 is 1.95 bits per heavy atom. The molecule has 0 aliphatic heterocycles. The van der Waals surface area contributed by atoms with Crippen molar-refractivity contribution in [1.82, 2.24) is 15.1 Å². The van der Waals surface area contributed by atoms with Crippen LogP contribution in [0.3, 0.4) is 0 Å². The van der Waals surface area contributed by atoms with Gasteiger partial charge in [-0.05, 0) is 19.9 Å². The summed E-state index contributed by atoms with van der Waals surface area (Å²) in [4.78, 5) is 0. The summed E-state index contributed by atoms with van der Waals surface area (Å²) in [5.41, 5.74) is 3.97. The molecule has 0 atom stereocenters. The van der Waals surface area contributed by atoms with Crippen LogP contribution in [0.4, 0.5) is 4.39 Å². The van der Waals surface area contributed by atoms with Gasteiger partial charge in [0.2, 0.25) is 0 Å². The minimum Gasteiger partial charge on any atom is -0.310 e. The summed E-state index contributed by atoms with van der Waals surface area (Å²) < 4.78 is 15.6. The van der Waals surface area contributed by atoms with Gasteiger partial charge in [-0.15, -0.1) is 0 Å². The molecule has 1 N–H and O–H groups in total. The van der Waals surface area contributed by atoms with Gasteiger partial charge >= 0.3 is 0 Å². The molecule has 2 rings (SSSR count). The third-order valence-electron chi connectivity index (χ3n) is 3.50. The van der Waals surface area contributed by atoms with E-state index in [1.54, 1.807) is 12.1 Å². The lowest BCUT2D eigenvalue weighted by Gasteiger charge is -2.09. The zero-order valence-electron chi connectivity index (χ0n) is 12.6. The molecule has 0 amide bonds. The minimum absolute atomic E-state index is 0.179. The molecule has 108 valence electrons. The van der Waals surface area contributed by atoms with Crippen LogP contribution in [0.5, 0.6) is 0 Å². The minimum atomic E-state index is -0.179. The second kappa shape index (κ2) is 6.18. The normalized spacial score (nSPS) is 11.3. The van der Waals surface area contributed by atoms with Gasteiger partial charge in [0.25, 0.3) is 0 Å². The van der Waals surface area contributed by atoms with Crippen molar-refractivity contribution in [2.45, 2.75) is 46.8 Å². The SMILES string of the molecule is Cc1nn(Cc2ccccc2F)c(C)c1CNC(C)C. The van der Waals surface area contributed by atoms with Crippen molar-refractivity contribution in [3.8, 4) is 0 Å². The van der Waals surface area contributed by atoms with Crippen molar-refractivity contribution in [1.29, 1.82) is 0 Å². The molecular weight excluding hydrogens is 253 g/mol. The van der Waals surface area contributed by atoms with E-state index in [1.165, 1.54) is 11.6 Å². The fraction of sp³-hybridized carbons (Fsp3) is 0.438. The molecule has 0 unspecified atom stereocenters. The van der Waals surface area contributed by atoms with E-state index in [-0.39, 0.29) is 5.82 Å². The smallest absolute Gasteiger partial charge is 0.128 e. The molecule has 0 saturated carbocycles. The largest absolute Gasteiger partial charge is 0.310 e. The summed E-state index contributed by atoms with van der Waals surface area (Å²) >= 11 is 0. The standard InChI is InChI=1S/C16H22FN3/c1-11(2)18-9-15-12(3)19-20(13(15)4)10-14-7-5-6-8-16(14)17/h5-8,11,18H,9-10H2,1-4H3. The zero-order valence-corrected chi connectivity index (χ0v) is 12.6. The highest BCUT2D eigenvalue weighted by Gasteiger charge is 2.13. The third kappa shape index (κ3) is 3.25. The first-order chi connectivity index (χ1) is 9.49. The first-order valence-electron chi connectivity index (χ1n) is 6.98. The van der Waals surface area contributed by atoms with Gasteiger partial charge in [-0.25, -0.2) is 4.39 Å². The molecule has 1 aromatic heterocycles. The number of hydrogen-bond acceptors (Lipinski definition) is 2. The summed E-state index contributed by atoms with van der Waals surface area (Å²) in [6, 6.07) is 7.28. The number of aryl methyl sites for hydroxylation is 1. The zero-order chi connectivity index (χ0) is 14.7. The lowest BCUT2D eigenvalue weighted by molar-refractivity contribution is 0.574. The average molecular weight is 275 g/mol. The third-order valence-corrected chi connectivity index (χ3v) is 3.50. The Bertz CT molecular complexity index is 587. The van der Waals surface area contributed by atoms with Crippen molar-refractivity contribution >= 4 is 0 Å². The van der Waals surface area contributed by atoms with Crippen LogP contribution in [0.25, 0.3) is 0 Å². The molecule has 4 heteroatoms. The molecule has 3 nitrogen and oxygen atoms in total. The van der Waals surface area contributed by atoms with Gasteiger partial charge in [0.05, 0.1) is 12.2 Å². The predicted molar refractivity (Wildman–Crippen MR) is 79.2 cm³/mol. The van der Waals surface area contributed by atoms with Crippen LogP contribution in [0, 0.1) is 19.7 Å². The maximum atomic E-state index is 13.7. The van der Waals surface area contributed by atoms with E-state index in [4.69, 9.17) is 0 Å². The summed E-state index contributed by atoms with van der Waals surface area (Å²) in [5, 5.41) is 7.94. The molecule has 0 radical (unpaired) electrons. The van der Waals surface area contributed by atoms with Crippen molar-refractivity contribution in [2.24, 2.45) is 0 Å². The molecule has 0 aliphatic rings. The topological polar surface area (TPSA) is 29.9 Å². The van der Waals surface area contributed by atoms with Crippen molar-refractivity contribution < 1.29 is 4.39 Å². The second-order valence-electron chi connectivity index (χ2n) is 5.43. The maximum Gasteiger partial charge on any atom is 0.128 e. The highest BCUT2D eigenvalue weighted by atomic mass is 19.1. The Morgan fingerprint density at radius 1 is 1.25 bits per heavy atom. The van der Waals surface area contributed by atoms with E-state index in [0.29, 0.717) is 18.2 Å². The Labute approximate surface area is 119 Å². The van der Waals surface area contributed by atoms with E-state index in [9.17, 15) is 4.39 Å². The van der Waals surface area contributed by atoms with E-state index < -0.39 is 0 Å². The summed E-state index contributed by atoms with van der Waals surface area (Å²) in [6.07, 6.45) is 0. The number of hydrogen-bond donors (Lipinski definition) is 1. The first-order valence-corrected chi connectivity index (χ1v) is 6.98. The van der Waals surface area contributed by atoms with Gasteiger partial charge < -0.3 is 5.32 Å². The van der Waals surface area contributed by atoms with Crippen molar-refractivity contribution in [3.63, 3.8) is 0 Å². The Hall–Kier alpha value is -1.68. The number of nitrogens with zero attached hydrogens (tertiary/aromatic N) is 2. The molecule has 2 aromatic rings. The molecule has 1 heterocycles. The van der Waals surface area contributed by atoms with E-state index in [0.717, 1.165) is 17.9 Å². The number of nitrogens with one attached hydrogen (secondary N) is 1. The first kappa shape index (κ1) is 14.7. The summed E-state index contributed by atoms with van der Waals surface area (Å²) in [7, 11) is 0. The molecular formula is C16H22FN3. The molecule has 0 spiro atoms. The average Bonchev–Trinajstić information content (AvgIpc) is 2.65. The number of rotatable bonds is 5. The monoisotopic (exact) mass is 275 g/mol. The number of aromatic nitrogens is 2. The van der Waals surface area contributed by atoms with E-state index >= 15 is 0 Å². The Kier molecular flexibility index (Phi) is 4.55. The molecule has 0 fully saturated rings. The Morgan fingerprint density at radius 3 is 2.60 bits per heavy atom. The van der Waals surface area contributed by atoms with Crippen molar-refractivity contribution in [2.75, 3.05) is 0 Å². The van der Waals surface area contributed by atoms with Gasteiger partial charge in [0.1, 0.15) is 5.82 Å². The van der Waals surface area contributed by atoms with Crippen LogP contribution in [-0.2, 0) is 13.1 Å². The quantitative estimate of drug-likeness (QED) is 0.908. The fourth-order valence-corrected chi connectivity index (χ4v) is 2.24. The lowest BCUT2D eigenvalue weighted by Crippen LogP contribution is -2.22. The molecule has 0 saturated heterocycles. The van der Waals surface area contributed by atoms with E-state index in [1.807, 2.05) is 24.6 Å². The van der Waals surface area contributed by atoms with Gasteiger partial charge in [-0.3, -0.25) is 4.68 Å². The van der Waals surface area contributed by atoms with Crippen LogP contribution in [-0.4, -0.2) is 15.8 Å². The van der Waals surface area contributed by atoms with Crippen LogP contribution in [0.15, 0.2) is 24.3 Å². The second-order valence-corrected chi connectivity index (χ2v) is 5.43. The van der Waals surface area contributed by atoms with E-state index in [2.05, 4.69) is 24.3 Å². The predicted octanol–water partition coefficient (Wildman–Crippen LogP) is 3.19. The number of halogens is 1. The van der Waals surface area contributed by atoms with Crippen LogP contribution < -0.4 is 5.32 Å². The van der Waals surface area contributed by atoms with Crippen molar-refractivity contribution in [3.05, 3.63) is 52.6 Å². The lowest BCUT2D eigenvalue weighted by atomic mass is 10.1. The van der Waals surface area contributed by atoms with Gasteiger partial charge in [0.15, 0.2) is 0 Å². The summed E-state index contributed by atoms with van der Waals surface area (Å²) in [5.74, 6) is -0.179. The highest BCUT2D eigenvalue weighted by Crippen LogP contribution is 2.16. The van der Waals surface area contributed by atoms with Crippen LogP contribution in [0.1, 0.15) is 36.4 Å². The fourth-order valence-electron chi connectivity index (χ4n) is 2.24. The molecule has 1 aromatic carbocycles. The molecule has 20 heavy (non-hydrogen) atoms. The van der Waals surface area contributed by atoms with Crippen LogP contribution >= 0.6 is 0 Å². The molecule has 0 bridgehead atoms. The van der Waals surface area contributed by atoms with Gasteiger partial charge in [0, 0.05) is 29.4 Å². The Balaban J connectivity index is 2.21. The number of benzene rings is 1. The van der Waals surface area contributed by atoms with Gasteiger partial charge in [-0.2, -0.15) is 5.10 Å².